The molecule has 0 aliphatic carbocycles. The third-order valence-electron chi connectivity index (χ3n) is 5.47. The Labute approximate surface area is 190 Å². The zero-order valence-electron chi connectivity index (χ0n) is 20.8. The molecule has 0 unspecified atom stereocenters. The van der Waals surface area contributed by atoms with Crippen molar-refractivity contribution in [2.75, 3.05) is 28.4 Å². The quantitative estimate of drug-likeness (QED) is 0.519. The number of carbonyl (C=O) groups is 2. The van der Waals surface area contributed by atoms with Gasteiger partial charge in [-0.05, 0) is 23.0 Å². The summed E-state index contributed by atoms with van der Waals surface area (Å²) in [6.45, 7) is 12.1. The fourth-order valence-electron chi connectivity index (χ4n) is 3.93. The van der Waals surface area contributed by atoms with Gasteiger partial charge < -0.3 is 18.9 Å². The van der Waals surface area contributed by atoms with E-state index in [1.54, 1.807) is 26.4 Å². The normalized spacial score (nSPS) is 11.7. The molecule has 0 N–H and O–H groups in total. The maximum atomic E-state index is 12.3. The molecule has 0 saturated carbocycles. The van der Waals surface area contributed by atoms with Gasteiger partial charge in [-0.2, -0.15) is 0 Å². The van der Waals surface area contributed by atoms with Gasteiger partial charge in [0, 0.05) is 33.4 Å². The van der Waals surface area contributed by atoms with Gasteiger partial charge in [0.05, 0.1) is 28.4 Å². The summed E-state index contributed by atoms with van der Waals surface area (Å²) in [5, 5.41) is 0. The lowest BCUT2D eigenvalue weighted by molar-refractivity contribution is 0.111. The van der Waals surface area contributed by atoms with Crippen LogP contribution in [0.5, 0.6) is 23.0 Å². The van der Waals surface area contributed by atoms with Gasteiger partial charge in [-0.3, -0.25) is 9.59 Å². The third kappa shape index (κ3) is 4.31. The molecule has 0 bridgehead atoms. The summed E-state index contributed by atoms with van der Waals surface area (Å²) < 4.78 is 23.0. The number of hydrogen-bond donors (Lipinski definition) is 0. The van der Waals surface area contributed by atoms with Crippen molar-refractivity contribution in [2.24, 2.45) is 0 Å². The molecule has 0 saturated heterocycles. The zero-order valence-corrected chi connectivity index (χ0v) is 20.8. The average Bonchev–Trinajstić information content (AvgIpc) is 2.74. The Morgan fingerprint density at radius 3 is 1.03 bits per heavy atom. The molecule has 0 atom stereocenters. The topological polar surface area (TPSA) is 71.1 Å². The molecule has 2 aromatic rings. The van der Waals surface area contributed by atoms with Crippen molar-refractivity contribution in [1.29, 1.82) is 0 Å². The summed E-state index contributed by atoms with van der Waals surface area (Å²) in [5.74, 6) is 1.71. The van der Waals surface area contributed by atoms with Crippen LogP contribution in [0.1, 0.15) is 73.4 Å². The standard InChI is InChI=1S/C26H34O6/c1-25(2,3)17-11-15(13-27)19(23(31-9)21(17)29-7)20-16(14-28)12-18(26(4,5)6)22(30-8)24(20)32-10/h11-14H,1-10H3. The Kier molecular flexibility index (Phi) is 7.28. The fraction of sp³-hybridized carbons (Fsp3) is 0.462. The van der Waals surface area contributed by atoms with Crippen LogP contribution in [0.15, 0.2) is 12.1 Å². The van der Waals surface area contributed by atoms with Crippen molar-refractivity contribution in [1.82, 2.24) is 0 Å². The van der Waals surface area contributed by atoms with Crippen LogP contribution in [0, 0.1) is 0 Å². The largest absolute Gasteiger partial charge is 0.493 e. The first-order valence-corrected chi connectivity index (χ1v) is 10.4. The molecule has 0 spiro atoms. The Bertz CT molecular complexity index is 939. The van der Waals surface area contributed by atoms with Crippen molar-refractivity contribution in [2.45, 2.75) is 52.4 Å². The van der Waals surface area contributed by atoms with Crippen LogP contribution in [0.25, 0.3) is 11.1 Å². The van der Waals surface area contributed by atoms with Crippen molar-refractivity contribution < 1.29 is 28.5 Å². The van der Waals surface area contributed by atoms with Gasteiger partial charge in [-0.1, -0.05) is 41.5 Å². The Hall–Kier alpha value is -3.02. The number of aldehydes is 2. The minimum atomic E-state index is -0.319. The van der Waals surface area contributed by atoms with Crippen molar-refractivity contribution in [3.05, 3.63) is 34.4 Å². The van der Waals surface area contributed by atoms with Crippen molar-refractivity contribution in [3.8, 4) is 34.1 Å². The molecular formula is C26H34O6. The van der Waals surface area contributed by atoms with E-state index >= 15 is 0 Å². The molecule has 0 aliphatic heterocycles. The van der Waals surface area contributed by atoms with Crippen LogP contribution in [0.2, 0.25) is 0 Å². The first-order valence-electron chi connectivity index (χ1n) is 10.4. The van der Waals surface area contributed by atoms with E-state index in [2.05, 4.69) is 0 Å². The predicted octanol–water partition coefficient (Wildman–Crippen LogP) is 5.61. The van der Waals surface area contributed by atoms with E-state index in [1.165, 1.54) is 14.2 Å². The first-order chi connectivity index (χ1) is 14.9. The average molecular weight is 443 g/mol. The summed E-state index contributed by atoms with van der Waals surface area (Å²) in [5.41, 5.74) is 2.55. The van der Waals surface area contributed by atoms with E-state index in [1.807, 2.05) is 41.5 Å². The predicted molar refractivity (Wildman–Crippen MR) is 126 cm³/mol. The van der Waals surface area contributed by atoms with E-state index in [9.17, 15) is 9.59 Å². The smallest absolute Gasteiger partial charge is 0.169 e. The second-order valence-electron chi connectivity index (χ2n) is 9.65. The van der Waals surface area contributed by atoms with Crippen LogP contribution in [-0.4, -0.2) is 41.0 Å². The molecule has 0 aliphatic rings. The first kappa shape index (κ1) is 25.2. The number of hydrogen-bond acceptors (Lipinski definition) is 6. The molecule has 0 heterocycles. The third-order valence-corrected chi connectivity index (χ3v) is 5.47. The van der Waals surface area contributed by atoms with E-state index in [0.29, 0.717) is 45.3 Å². The second kappa shape index (κ2) is 9.23. The van der Waals surface area contributed by atoms with Crippen LogP contribution in [0.3, 0.4) is 0 Å². The minimum absolute atomic E-state index is 0.319. The highest BCUT2D eigenvalue weighted by Gasteiger charge is 2.33. The highest BCUT2D eigenvalue weighted by Crippen LogP contribution is 2.53. The molecule has 2 aromatic carbocycles. The lowest BCUT2D eigenvalue weighted by Crippen LogP contribution is -2.16. The number of rotatable bonds is 7. The molecule has 0 aromatic heterocycles. The number of carbonyl (C=O) groups excluding carboxylic acids is 2. The molecule has 0 radical (unpaired) electrons. The molecule has 6 heteroatoms. The molecule has 6 nitrogen and oxygen atoms in total. The zero-order chi connectivity index (χ0) is 24.4. The van der Waals surface area contributed by atoms with E-state index in [0.717, 1.165) is 23.7 Å². The van der Waals surface area contributed by atoms with Gasteiger partial charge in [0.1, 0.15) is 0 Å². The van der Waals surface area contributed by atoms with Gasteiger partial charge >= 0.3 is 0 Å². The highest BCUT2D eigenvalue weighted by molar-refractivity contribution is 6.01. The molecular weight excluding hydrogens is 408 g/mol. The molecule has 2 rings (SSSR count). The Balaban J connectivity index is 3.19. The monoisotopic (exact) mass is 442 g/mol. The van der Waals surface area contributed by atoms with Crippen LogP contribution in [0.4, 0.5) is 0 Å². The lowest BCUT2D eigenvalue weighted by Gasteiger charge is -2.29. The van der Waals surface area contributed by atoms with E-state index in [-0.39, 0.29) is 10.8 Å². The summed E-state index contributed by atoms with van der Waals surface area (Å²) in [7, 11) is 6.13. The fourth-order valence-corrected chi connectivity index (χ4v) is 3.93. The van der Waals surface area contributed by atoms with Gasteiger partial charge in [0.2, 0.25) is 0 Å². The minimum Gasteiger partial charge on any atom is -0.493 e. The van der Waals surface area contributed by atoms with Gasteiger partial charge in [0.25, 0.3) is 0 Å². The molecule has 0 amide bonds. The lowest BCUT2D eigenvalue weighted by atomic mass is 9.80. The number of ether oxygens (including phenoxy) is 4. The highest BCUT2D eigenvalue weighted by atomic mass is 16.5. The summed E-state index contributed by atoms with van der Waals surface area (Å²) >= 11 is 0. The number of methoxy groups -OCH3 is 4. The summed E-state index contributed by atoms with van der Waals surface area (Å²) in [6, 6.07) is 3.56. The molecule has 0 fully saturated rings. The number of benzene rings is 2. The Morgan fingerprint density at radius 1 is 0.562 bits per heavy atom. The van der Waals surface area contributed by atoms with Gasteiger partial charge in [0.15, 0.2) is 35.6 Å². The maximum absolute atomic E-state index is 12.3. The van der Waals surface area contributed by atoms with Gasteiger partial charge in [-0.15, -0.1) is 0 Å². The second-order valence-corrected chi connectivity index (χ2v) is 9.65. The van der Waals surface area contributed by atoms with E-state index < -0.39 is 0 Å². The van der Waals surface area contributed by atoms with Gasteiger partial charge in [-0.25, -0.2) is 0 Å². The van der Waals surface area contributed by atoms with Crippen molar-refractivity contribution in [3.63, 3.8) is 0 Å². The molecule has 32 heavy (non-hydrogen) atoms. The summed E-state index contributed by atoms with van der Waals surface area (Å²) in [4.78, 5) is 24.5. The van der Waals surface area contributed by atoms with Crippen LogP contribution >= 0.6 is 0 Å². The Morgan fingerprint density at radius 2 is 0.844 bits per heavy atom. The van der Waals surface area contributed by atoms with Crippen molar-refractivity contribution >= 4 is 12.6 Å². The van der Waals surface area contributed by atoms with Crippen LogP contribution < -0.4 is 18.9 Å². The summed E-state index contributed by atoms with van der Waals surface area (Å²) in [6.07, 6.45) is 1.51. The van der Waals surface area contributed by atoms with E-state index in [4.69, 9.17) is 18.9 Å². The SMILES string of the molecule is COc1c(C(C)(C)C)cc(C=O)c(-c2c(C=O)cc(C(C)(C)C)c(OC)c2OC)c1OC. The molecule has 174 valence electrons. The van der Waals surface area contributed by atoms with Crippen LogP contribution in [-0.2, 0) is 10.8 Å². The maximum Gasteiger partial charge on any atom is 0.169 e.